The molecule has 0 fully saturated rings. The molecule has 39 heavy (non-hydrogen) atoms. The van der Waals surface area contributed by atoms with E-state index in [4.69, 9.17) is 23.7 Å². The lowest BCUT2D eigenvalue weighted by Gasteiger charge is -2.30. The first-order chi connectivity index (χ1) is 19.0. The molecule has 204 valence electrons. The molecular weight excluding hydrogens is 496 g/mol. The second kappa shape index (κ2) is 11.2. The normalized spacial score (nSPS) is 18.1. The van der Waals surface area contributed by atoms with Crippen molar-refractivity contribution < 1.29 is 28.5 Å². The minimum atomic E-state index is -0.423. The summed E-state index contributed by atoms with van der Waals surface area (Å²) in [5, 5.41) is 7.19. The van der Waals surface area contributed by atoms with Crippen molar-refractivity contribution in [3.63, 3.8) is 0 Å². The SMILES string of the molecule is CCOc1ccc([C@H]2CC(=O)C3=C(C2)Nc2ccccc2N[C@@H]3c2cc(OC)c(OC)c(OC)c2)cc1OC. The number of ether oxygens (including phenoxy) is 5. The maximum Gasteiger partial charge on any atom is 0.203 e. The quantitative estimate of drug-likeness (QED) is 0.361. The van der Waals surface area contributed by atoms with E-state index in [1.165, 1.54) is 0 Å². The van der Waals surface area contributed by atoms with Gasteiger partial charge in [0.15, 0.2) is 28.8 Å². The van der Waals surface area contributed by atoms with E-state index >= 15 is 0 Å². The molecular formula is C31H34N2O6. The Labute approximate surface area is 228 Å². The van der Waals surface area contributed by atoms with Gasteiger partial charge in [0.05, 0.1) is 52.5 Å². The Kier molecular flexibility index (Phi) is 7.54. The van der Waals surface area contributed by atoms with Crippen LogP contribution in [0.1, 0.15) is 42.9 Å². The third-order valence-electron chi connectivity index (χ3n) is 7.29. The van der Waals surface area contributed by atoms with Crippen LogP contribution in [0, 0.1) is 0 Å². The zero-order valence-corrected chi connectivity index (χ0v) is 22.9. The van der Waals surface area contributed by atoms with E-state index in [1.54, 1.807) is 28.4 Å². The molecule has 8 nitrogen and oxygen atoms in total. The number of rotatable bonds is 8. The summed E-state index contributed by atoms with van der Waals surface area (Å²) in [6.07, 6.45) is 1.03. The number of nitrogens with one attached hydrogen (secondary N) is 2. The number of anilines is 2. The third kappa shape index (κ3) is 4.94. The van der Waals surface area contributed by atoms with Crippen molar-refractivity contribution in [3.8, 4) is 28.7 Å². The van der Waals surface area contributed by atoms with Crippen molar-refractivity contribution in [2.24, 2.45) is 0 Å². The van der Waals surface area contributed by atoms with Crippen LogP contribution >= 0.6 is 0 Å². The largest absolute Gasteiger partial charge is 0.493 e. The van der Waals surface area contributed by atoms with E-state index in [-0.39, 0.29) is 11.7 Å². The molecule has 8 heteroatoms. The van der Waals surface area contributed by atoms with Crippen LogP contribution in [0.25, 0.3) is 0 Å². The highest BCUT2D eigenvalue weighted by Gasteiger charge is 2.37. The molecule has 0 amide bonds. The monoisotopic (exact) mass is 530 g/mol. The first kappa shape index (κ1) is 26.3. The number of Topliss-reactive ketones (excluding diaryl/α,β-unsaturated/α-hetero) is 1. The number of hydrogen-bond donors (Lipinski definition) is 2. The van der Waals surface area contributed by atoms with Gasteiger partial charge in [-0.25, -0.2) is 0 Å². The van der Waals surface area contributed by atoms with E-state index in [2.05, 4.69) is 10.6 Å². The van der Waals surface area contributed by atoms with Gasteiger partial charge in [-0.1, -0.05) is 18.2 Å². The Morgan fingerprint density at radius 3 is 2.08 bits per heavy atom. The topological polar surface area (TPSA) is 87.3 Å². The summed E-state index contributed by atoms with van der Waals surface area (Å²) in [7, 11) is 6.38. The lowest BCUT2D eigenvalue weighted by atomic mass is 9.78. The number of carbonyl (C=O) groups excluding carboxylic acids is 1. The molecule has 0 unspecified atom stereocenters. The maximum atomic E-state index is 14.0. The van der Waals surface area contributed by atoms with Gasteiger partial charge < -0.3 is 34.3 Å². The summed E-state index contributed by atoms with van der Waals surface area (Å²) < 4.78 is 28.1. The van der Waals surface area contributed by atoms with Crippen molar-refractivity contribution in [1.29, 1.82) is 0 Å². The van der Waals surface area contributed by atoms with Gasteiger partial charge in [0.2, 0.25) is 5.75 Å². The molecule has 0 saturated heterocycles. The lowest BCUT2D eigenvalue weighted by molar-refractivity contribution is -0.116. The Morgan fingerprint density at radius 2 is 1.44 bits per heavy atom. The van der Waals surface area contributed by atoms with Crippen molar-refractivity contribution in [2.45, 2.75) is 31.7 Å². The van der Waals surface area contributed by atoms with Crippen LogP contribution in [0.5, 0.6) is 28.7 Å². The number of para-hydroxylation sites is 2. The number of benzene rings is 3. The second-order valence-electron chi connectivity index (χ2n) is 9.47. The average molecular weight is 531 g/mol. The third-order valence-corrected chi connectivity index (χ3v) is 7.29. The van der Waals surface area contributed by atoms with Crippen LogP contribution in [0.4, 0.5) is 11.4 Å². The number of fused-ring (bicyclic) bond motifs is 1. The maximum absolute atomic E-state index is 14.0. The number of ketones is 1. The van der Waals surface area contributed by atoms with Crippen molar-refractivity contribution in [3.05, 3.63) is 77.0 Å². The van der Waals surface area contributed by atoms with Gasteiger partial charge in [0.25, 0.3) is 0 Å². The molecule has 3 aromatic rings. The molecule has 3 aromatic carbocycles. The molecule has 0 spiro atoms. The summed E-state index contributed by atoms with van der Waals surface area (Å²) in [4.78, 5) is 14.0. The Balaban J connectivity index is 1.60. The van der Waals surface area contributed by atoms with Crippen molar-refractivity contribution >= 4 is 17.2 Å². The number of methoxy groups -OCH3 is 4. The van der Waals surface area contributed by atoms with Crippen LogP contribution in [0.2, 0.25) is 0 Å². The Hall–Kier alpha value is -4.33. The minimum Gasteiger partial charge on any atom is -0.493 e. The van der Waals surface area contributed by atoms with Crippen LogP contribution in [0.3, 0.4) is 0 Å². The molecule has 0 saturated carbocycles. The van der Waals surface area contributed by atoms with Gasteiger partial charge in [-0.2, -0.15) is 0 Å². The van der Waals surface area contributed by atoms with Gasteiger partial charge in [0.1, 0.15) is 0 Å². The van der Waals surface area contributed by atoms with E-state index < -0.39 is 6.04 Å². The summed E-state index contributed by atoms with van der Waals surface area (Å²) in [5.41, 5.74) is 5.28. The summed E-state index contributed by atoms with van der Waals surface area (Å²) in [6.45, 7) is 2.49. The molecule has 2 atom stereocenters. The molecule has 1 aliphatic carbocycles. The highest BCUT2D eigenvalue weighted by molar-refractivity contribution is 6.01. The fourth-order valence-corrected chi connectivity index (χ4v) is 5.46. The zero-order valence-electron chi connectivity index (χ0n) is 22.9. The van der Waals surface area contributed by atoms with E-state index in [0.717, 1.165) is 28.2 Å². The van der Waals surface area contributed by atoms with Gasteiger partial charge in [-0.3, -0.25) is 4.79 Å². The van der Waals surface area contributed by atoms with Gasteiger partial charge in [-0.15, -0.1) is 0 Å². The summed E-state index contributed by atoms with van der Waals surface area (Å²) >= 11 is 0. The Bertz CT molecular complexity index is 1390. The fraction of sp³-hybridized carbons (Fsp3) is 0.323. The van der Waals surface area contributed by atoms with E-state index in [1.807, 2.05) is 61.5 Å². The standard InChI is InChI=1S/C31H34N2O6/c1-6-39-25-12-11-18(15-26(25)35-2)19-13-23-29(24(34)14-19)30(33-22-10-8-7-9-21(22)32-23)20-16-27(36-3)31(38-5)28(17-20)37-4/h7-12,15-17,19,30,32-33H,6,13-14H2,1-5H3/t19-,30-/m1/s1. The van der Waals surface area contributed by atoms with Gasteiger partial charge in [-0.05, 0) is 66.8 Å². The van der Waals surface area contributed by atoms with Gasteiger partial charge in [0, 0.05) is 17.7 Å². The highest BCUT2D eigenvalue weighted by atomic mass is 16.5. The van der Waals surface area contributed by atoms with Crippen molar-refractivity contribution in [1.82, 2.24) is 0 Å². The first-order valence-electron chi connectivity index (χ1n) is 13.0. The highest BCUT2D eigenvalue weighted by Crippen LogP contribution is 2.47. The molecule has 2 aliphatic rings. The summed E-state index contributed by atoms with van der Waals surface area (Å²) in [6, 6.07) is 17.3. The fourth-order valence-electron chi connectivity index (χ4n) is 5.46. The predicted octanol–water partition coefficient (Wildman–Crippen LogP) is 6.10. The second-order valence-corrected chi connectivity index (χ2v) is 9.47. The molecule has 0 aromatic heterocycles. The molecule has 5 rings (SSSR count). The lowest BCUT2D eigenvalue weighted by Crippen LogP contribution is -2.27. The van der Waals surface area contributed by atoms with E-state index in [0.29, 0.717) is 53.8 Å². The molecule has 0 bridgehead atoms. The molecule has 0 radical (unpaired) electrons. The average Bonchev–Trinajstić information content (AvgIpc) is 3.13. The Morgan fingerprint density at radius 1 is 0.769 bits per heavy atom. The van der Waals surface area contributed by atoms with Crippen LogP contribution in [-0.2, 0) is 4.79 Å². The predicted molar refractivity (Wildman–Crippen MR) is 151 cm³/mol. The molecule has 1 heterocycles. The first-order valence-corrected chi connectivity index (χ1v) is 13.0. The minimum absolute atomic E-state index is 0.0146. The number of hydrogen-bond acceptors (Lipinski definition) is 8. The van der Waals surface area contributed by atoms with Crippen LogP contribution < -0.4 is 34.3 Å². The summed E-state index contributed by atoms with van der Waals surface area (Å²) in [5.74, 6) is 2.98. The molecule has 1 aliphatic heterocycles. The van der Waals surface area contributed by atoms with E-state index in [9.17, 15) is 4.79 Å². The molecule has 2 N–H and O–H groups in total. The zero-order chi connectivity index (χ0) is 27.5. The smallest absolute Gasteiger partial charge is 0.203 e. The van der Waals surface area contributed by atoms with Crippen molar-refractivity contribution in [2.75, 3.05) is 45.7 Å². The number of allylic oxidation sites excluding steroid dienone is 1. The van der Waals surface area contributed by atoms with Gasteiger partial charge >= 0.3 is 0 Å². The van der Waals surface area contributed by atoms with Crippen LogP contribution in [-0.4, -0.2) is 40.8 Å². The number of carbonyl (C=O) groups is 1. The van der Waals surface area contributed by atoms with Crippen LogP contribution in [0.15, 0.2) is 65.9 Å².